The second kappa shape index (κ2) is 6.21. The number of hydrogen-bond acceptors (Lipinski definition) is 6. The highest BCUT2D eigenvalue weighted by Gasteiger charge is 2.24. The van der Waals surface area contributed by atoms with Crippen LogP contribution < -0.4 is 9.64 Å². The summed E-state index contributed by atoms with van der Waals surface area (Å²) >= 11 is 0. The molecule has 7 heteroatoms. The third-order valence-electron chi connectivity index (χ3n) is 3.70. The molecule has 0 saturated heterocycles. The summed E-state index contributed by atoms with van der Waals surface area (Å²) in [6.07, 6.45) is 0. The van der Waals surface area contributed by atoms with Crippen LogP contribution in [0.25, 0.3) is 0 Å². The van der Waals surface area contributed by atoms with E-state index in [2.05, 4.69) is 9.98 Å². The lowest BCUT2D eigenvalue weighted by Crippen LogP contribution is -2.30. The molecular weight excluding hydrogens is 298 g/mol. The van der Waals surface area contributed by atoms with Gasteiger partial charge in [-0.25, -0.2) is 4.99 Å². The lowest BCUT2D eigenvalue weighted by molar-refractivity contribution is 0.146. The van der Waals surface area contributed by atoms with E-state index in [4.69, 9.17) is 9.47 Å². The zero-order chi connectivity index (χ0) is 16.4. The summed E-state index contributed by atoms with van der Waals surface area (Å²) in [5.74, 6) is 1.26. The molecule has 0 amide bonds. The summed E-state index contributed by atoms with van der Waals surface area (Å²) in [6.45, 7) is 3.29. The summed E-state index contributed by atoms with van der Waals surface area (Å²) < 4.78 is 10.8. The number of fused-ring (bicyclic) bond motifs is 1. The van der Waals surface area contributed by atoms with Crippen molar-refractivity contribution in [3.63, 3.8) is 0 Å². The average molecular weight is 317 g/mol. The van der Waals surface area contributed by atoms with Gasteiger partial charge in [-0.3, -0.25) is 4.98 Å². The van der Waals surface area contributed by atoms with Crippen molar-refractivity contribution < 1.29 is 19.7 Å². The van der Waals surface area contributed by atoms with Crippen molar-refractivity contribution in [2.75, 3.05) is 25.2 Å². The maximum absolute atomic E-state index is 9.93. The van der Waals surface area contributed by atoms with Crippen LogP contribution >= 0.6 is 0 Å². The normalized spacial score (nSPS) is 13.7. The molecule has 0 fully saturated rings. The number of benzene rings is 1. The van der Waals surface area contributed by atoms with Gasteiger partial charge in [-0.2, -0.15) is 0 Å². The van der Waals surface area contributed by atoms with Crippen LogP contribution in [0.1, 0.15) is 12.5 Å². The predicted octanol–water partition coefficient (Wildman–Crippen LogP) is 2.52. The van der Waals surface area contributed by atoms with Gasteiger partial charge in [0.25, 0.3) is 0 Å². The molecule has 0 saturated carbocycles. The number of rotatable bonds is 5. The Balaban J connectivity index is 1.93. The number of aliphatic imine (C=N–C) groups is 1. The maximum Gasteiger partial charge on any atom is 0.215 e. The number of aromatic nitrogens is 1. The van der Waals surface area contributed by atoms with Gasteiger partial charge < -0.3 is 24.6 Å². The fourth-order valence-corrected chi connectivity index (χ4v) is 2.58. The van der Waals surface area contributed by atoms with Gasteiger partial charge in [0.2, 0.25) is 5.88 Å². The van der Waals surface area contributed by atoms with E-state index in [9.17, 15) is 10.2 Å². The van der Waals surface area contributed by atoms with E-state index >= 15 is 0 Å². The lowest BCUT2D eigenvalue weighted by Gasteiger charge is -2.29. The van der Waals surface area contributed by atoms with Gasteiger partial charge in [-0.05, 0) is 19.1 Å². The smallest absolute Gasteiger partial charge is 0.215 e. The number of amidine groups is 1. The fourth-order valence-electron chi connectivity index (χ4n) is 2.58. The lowest BCUT2D eigenvalue weighted by atomic mass is 10.1. The van der Waals surface area contributed by atoms with E-state index in [1.54, 1.807) is 7.11 Å². The van der Waals surface area contributed by atoms with E-state index in [0.29, 0.717) is 25.4 Å². The Hall–Kier alpha value is -2.67. The molecule has 2 heterocycles. The van der Waals surface area contributed by atoms with Gasteiger partial charge >= 0.3 is 0 Å². The first-order valence-electron chi connectivity index (χ1n) is 7.27. The Bertz CT molecular complexity index is 739. The highest BCUT2D eigenvalue weighted by molar-refractivity contribution is 6.00. The van der Waals surface area contributed by atoms with Crippen LogP contribution in [0.3, 0.4) is 0 Å². The molecule has 0 radical (unpaired) electrons. The van der Waals surface area contributed by atoms with Crippen molar-refractivity contribution in [1.82, 2.24) is 4.98 Å². The van der Waals surface area contributed by atoms with Crippen molar-refractivity contribution >= 4 is 17.2 Å². The van der Waals surface area contributed by atoms with Crippen LogP contribution in [0.15, 0.2) is 29.3 Å². The zero-order valence-corrected chi connectivity index (χ0v) is 13.0. The van der Waals surface area contributed by atoms with Gasteiger partial charge in [-0.1, -0.05) is 6.07 Å². The number of aromatic hydroxyl groups is 2. The summed E-state index contributed by atoms with van der Waals surface area (Å²) in [6, 6.07) is 7.17. The highest BCUT2D eigenvalue weighted by atomic mass is 16.5. The van der Waals surface area contributed by atoms with Crippen molar-refractivity contribution in [3.05, 3.63) is 29.8 Å². The minimum atomic E-state index is -0.0988. The van der Waals surface area contributed by atoms with Crippen molar-refractivity contribution in [3.8, 4) is 17.5 Å². The molecule has 1 aromatic heterocycles. The fraction of sp³-hybridized carbons (Fsp3) is 0.312. The summed E-state index contributed by atoms with van der Waals surface area (Å²) in [4.78, 5) is 8.86. The summed E-state index contributed by atoms with van der Waals surface area (Å²) in [7, 11) is 1.63. The standard InChI is InChI=1S/C16H19N3O4/c1-10-17-12-4-3-5-14(23-7-6-22-2)11(12)9-19(10)13-8-15(20)18-16(13)21/h3-5,8,18,20-21H,6-7,9H2,1-2H3. The van der Waals surface area contributed by atoms with E-state index in [-0.39, 0.29) is 11.8 Å². The summed E-state index contributed by atoms with van der Waals surface area (Å²) in [5, 5.41) is 19.5. The molecule has 0 aliphatic carbocycles. The molecule has 2 aromatic rings. The Morgan fingerprint density at radius 3 is 2.83 bits per heavy atom. The predicted molar refractivity (Wildman–Crippen MR) is 86.9 cm³/mol. The number of ether oxygens (including phenoxy) is 2. The minimum Gasteiger partial charge on any atom is -0.494 e. The Labute approximate surface area is 133 Å². The van der Waals surface area contributed by atoms with E-state index in [1.165, 1.54) is 6.07 Å². The third kappa shape index (κ3) is 2.95. The van der Waals surface area contributed by atoms with Crippen LogP contribution in [-0.4, -0.2) is 41.4 Å². The van der Waals surface area contributed by atoms with Gasteiger partial charge in [-0.15, -0.1) is 0 Å². The second-order valence-corrected chi connectivity index (χ2v) is 5.23. The molecule has 0 spiro atoms. The number of hydrogen-bond donors (Lipinski definition) is 3. The molecule has 0 unspecified atom stereocenters. The largest absolute Gasteiger partial charge is 0.494 e. The zero-order valence-electron chi connectivity index (χ0n) is 13.0. The quantitative estimate of drug-likeness (QED) is 0.737. The van der Waals surface area contributed by atoms with Crippen molar-refractivity contribution in [2.24, 2.45) is 4.99 Å². The number of methoxy groups -OCH3 is 1. The highest BCUT2D eigenvalue weighted by Crippen LogP contribution is 2.39. The molecule has 0 bridgehead atoms. The SMILES string of the molecule is COCCOc1cccc2c1CN(c1cc(O)[nH]c1O)C(C)=N2. The molecular formula is C16H19N3O4. The van der Waals surface area contributed by atoms with Gasteiger partial charge in [0, 0.05) is 18.7 Å². The van der Waals surface area contributed by atoms with Crippen LogP contribution in [0.4, 0.5) is 11.4 Å². The van der Waals surface area contributed by atoms with Crippen molar-refractivity contribution in [2.45, 2.75) is 13.5 Å². The van der Waals surface area contributed by atoms with Crippen LogP contribution in [0.5, 0.6) is 17.5 Å². The first kappa shape index (κ1) is 15.2. The number of nitrogens with one attached hydrogen (secondary N) is 1. The monoisotopic (exact) mass is 317 g/mol. The molecule has 23 heavy (non-hydrogen) atoms. The first-order chi connectivity index (χ1) is 11.1. The molecule has 0 atom stereocenters. The van der Waals surface area contributed by atoms with Crippen molar-refractivity contribution in [1.29, 1.82) is 0 Å². The van der Waals surface area contributed by atoms with Gasteiger partial charge in [0.15, 0.2) is 5.88 Å². The van der Waals surface area contributed by atoms with Gasteiger partial charge in [0.1, 0.15) is 23.9 Å². The second-order valence-electron chi connectivity index (χ2n) is 5.23. The van der Waals surface area contributed by atoms with E-state index < -0.39 is 0 Å². The Morgan fingerprint density at radius 1 is 1.30 bits per heavy atom. The molecule has 122 valence electrons. The topological polar surface area (TPSA) is 90.3 Å². The maximum atomic E-state index is 9.93. The Kier molecular flexibility index (Phi) is 4.12. The van der Waals surface area contributed by atoms with Crippen LogP contribution in [-0.2, 0) is 11.3 Å². The molecule has 7 nitrogen and oxygen atoms in total. The number of nitrogens with zero attached hydrogens (tertiary/aromatic N) is 2. The van der Waals surface area contributed by atoms with E-state index in [1.807, 2.05) is 30.0 Å². The molecule has 3 N–H and O–H groups in total. The molecule has 3 rings (SSSR count). The average Bonchev–Trinajstić information content (AvgIpc) is 2.85. The number of H-pyrrole nitrogens is 1. The molecule has 1 aliphatic rings. The number of aromatic amines is 1. The number of anilines is 1. The first-order valence-corrected chi connectivity index (χ1v) is 7.27. The van der Waals surface area contributed by atoms with Crippen LogP contribution in [0, 0.1) is 0 Å². The molecule has 1 aromatic carbocycles. The van der Waals surface area contributed by atoms with Gasteiger partial charge in [0.05, 0.1) is 18.8 Å². The third-order valence-corrected chi connectivity index (χ3v) is 3.70. The molecule has 1 aliphatic heterocycles. The Morgan fingerprint density at radius 2 is 2.13 bits per heavy atom. The minimum absolute atomic E-state index is 0.0965. The van der Waals surface area contributed by atoms with E-state index in [0.717, 1.165) is 22.8 Å². The van der Waals surface area contributed by atoms with Crippen LogP contribution in [0.2, 0.25) is 0 Å². The summed E-state index contributed by atoms with van der Waals surface area (Å²) in [5.41, 5.74) is 2.24.